The Morgan fingerprint density at radius 2 is 1.79 bits per heavy atom. The summed E-state index contributed by atoms with van der Waals surface area (Å²) in [5.41, 5.74) is 1.24. The predicted octanol–water partition coefficient (Wildman–Crippen LogP) is 1.86. The molecule has 0 aliphatic heterocycles. The van der Waals surface area contributed by atoms with Crippen LogP contribution >= 0.6 is 0 Å². The maximum absolute atomic E-state index is 12.3. The number of pyridine rings is 1. The van der Waals surface area contributed by atoms with Crippen LogP contribution in [0.3, 0.4) is 0 Å². The summed E-state index contributed by atoms with van der Waals surface area (Å²) in [6.07, 6.45) is 3.11. The molecule has 0 spiro atoms. The van der Waals surface area contributed by atoms with Gasteiger partial charge in [-0.15, -0.1) is 0 Å². The SMILES string of the molecule is O=C(O)CCC(=O)C(Cc1cccnc1)NC(=O)c1ccccc1. The first-order chi connectivity index (χ1) is 11.6. The summed E-state index contributed by atoms with van der Waals surface area (Å²) < 4.78 is 0. The number of carbonyl (C=O) groups is 3. The van der Waals surface area contributed by atoms with Crippen LogP contribution in [0.1, 0.15) is 28.8 Å². The second-order valence-electron chi connectivity index (χ2n) is 5.32. The van der Waals surface area contributed by atoms with E-state index in [0.29, 0.717) is 5.56 Å². The van der Waals surface area contributed by atoms with E-state index in [4.69, 9.17) is 5.11 Å². The molecular weight excluding hydrogens is 308 g/mol. The fraction of sp³-hybridized carbons (Fsp3) is 0.222. The Bertz CT molecular complexity index is 701. The molecule has 1 aromatic carbocycles. The highest BCUT2D eigenvalue weighted by molar-refractivity contribution is 5.98. The number of hydrogen-bond acceptors (Lipinski definition) is 4. The second kappa shape index (κ2) is 8.57. The molecule has 6 heteroatoms. The first kappa shape index (κ1) is 17.3. The number of amides is 1. The zero-order valence-electron chi connectivity index (χ0n) is 13.0. The summed E-state index contributed by atoms with van der Waals surface area (Å²) >= 11 is 0. The largest absolute Gasteiger partial charge is 0.481 e. The van der Waals surface area contributed by atoms with E-state index >= 15 is 0 Å². The molecule has 124 valence electrons. The van der Waals surface area contributed by atoms with Gasteiger partial charge in [-0.1, -0.05) is 24.3 Å². The van der Waals surface area contributed by atoms with E-state index in [0.717, 1.165) is 5.56 Å². The molecular formula is C18H18N2O4. The number of aromatic nitrogens is 1. The maximum atomic E-state index is 12.3. The lowest BCUT2D eigenvalue weighted by molar-refractivity contribution is -0.138. The number of nitrogens with zero attached hydrogens (tertiary/aromatic N) is 1. The van der Waals surface area contributed by atoms with Crippen LogP contribution in [-0.4, -0.2) is 33.8 Å². The Balaban J connectivity index is 2.11. The fourth-order valence-corrected chi connectivity index (χ4v) is 2.24. The number of nitrogens with one attached hydrogen (secondary N) is 1. The summed E-state index contributed by atoms with van der Waals surface area (Å²) in [5.74, 6) is -1.73. The molecule has 1 heterocycles. The molecule has 0 aliphatic carbocycles. The van der Waals surface area contributed by atoms with Gasteiger partial charge in [0, 0.05) is 30.8 Å². The van der Waals surface area contributed by atoms with Gasteiger partial charge in [0.15, 0.2) is 5.78 Å². The summed E-state index contributed by atoms with van der Waals surface area (Å²) in [7, 11) is 0. The number of carbonyl (C=O) groups excluding carboxylic acids is 2. The highest BCUT2D eigenvalue weighted by Crippen LogP contribution is 2.08. The molecule has 1 atom stereocenters. The van der Waals surface area contributed by atoms with Crippen molar-refractivity contribution in [2.45, 2.75) is 25.3 Å². The zero-order chi connectivity index (χ0) is 17.4. The van der Waals surface area contributed by atoms with Gasteiger partial charge in [-0.2, -0.15) is 0 Å². The lowest BCUT2D eigenvalue weighted by atomic mass is 10.00. The summed E-state index contributed by atoms with van der Waals surface area (Å²) in [6, 6.07) is 11.3. The van der Waals surface area contributed by atoms with Crippen molar-refractivity contribution in [1.29, 1.82) is 0 Å². The summed E-state index contributed by atoms with van der Waals surface area (Å²) in [4.78, 5) is 39.3. The normalized spacial score (nSPS) is 11.5. The van der Waals surface area contributed by atoms with Gasteiger partial charge in [0.05, 0.1) is 12.5 Å². The Labute approximate surface area is 139 Å². The number of ketones is 1. The van der Waals surface area contributed by atoms with Crippen LogP contribution in [-0.2, 0) is 16.0 Å². The van der Waals surface area contributed by atoms with Gasteiger partial charge < -0.3 is 10.4 Å². The molecule has 0 bridgehead atoms. The van der Waals surface area contributed by atoms with E-state index in [1.165, 1.54) is 0 Å². The molecule has 2 rings (SSSR count). The molecule has 2 aromatic rings. The van der Waals surface area contributed by atoms with Crippen LogP contribution in [0.5, 0.6) is 0 Å². The standard InChI is InChI=1S/C18H18N2O4/c21-16(8-9-17(22)23)15(11-13-5-4-10-19-12-13)20-18(24)14-6-2-1-3-7-14/h1-7,10,12,15H,8-9,11H2,(H,20,24)(H,22,23). The van der Waals surface area contributed by atoms with E-state index < -0.39 is 12.0 Å². The minimum atomic E-state index is -1.04. The van der Waals surface area contributed by atoms with Crippen molar-refractivity contribution >= 4 is 17.7 Å². The number of carboxylic acid groups (broad SMARTS) is 1. The van der Waals surface area contributed by atoms with E-state index in [2.05, 4.69) is 10.3 Å². The van der Waals surface area contributed by atoms with Crippen molar-refractivity contribution in [1.82, 2.24) is 10.3 Å². The van der Waals surface area contributed by atoms with Crippen LogP contribution in [0.2, 0.25) is 0 Å². The van der Waals surface area contributed by atoms with Crippen LogP contribution in [0.25, 0.3) is 0 Å². The molecule has 24 heavy (non-hydrogen) atoms. The van der Waals surface area contributed by atoms with Crippen molar-refractivity contribution in [3.05, 3.63) is 66.0 Å². The quantitative estimate of drug-likeness (QED) is 0.772. The van der Waals surface area contributed by atoms with Crippen LogP contribution < -0.4 is 5.32 Å². The molecule has 0 fully saturated rings. The Morgan fingerprint density at radius 3 is 2.42 bits per heavy atom. The van der Waals surface area contributed by atoms with Gasteiger partial charge in [-0.25, -0.2) is 0 Å². The average Bonchev–Trinajstić information content (AvgIpc) is 2.60. The van der Waals surface area contributed by atoms with E-state index in [9.17, 15) is 14.4 Å². The van der Waals surface area contributed by atoms with Gasteiger partial charge in [0.2, 0.25) is 0 Å². The highest BCUT2D eigenvalue weighted by Gasteiger charge is 2.22. The van der Waals surface area contributed by atoms with Crippen LogP contribution in [0.4, 0.5) is 0 Å². The predicted molar refractivity (Wildman–Crippen MR) is 87.5 cm³/mol. The molecule has 0 aliphatic rings. The number of hydrogen-bond donors (Lipinski definition) is 2. The van der Waals surface area contributed by atoms with Crippen LogP contribution in [0.15, 0.2) is 54.9 Å². The topological polar surface area (TPSA) is 96.4 Å². The molecule has 0 radical (unpaired) electrons. The van der Waals surface area contributed by atoms with E-state index in [1.54, 1.807) is 54.9 Å². The third-order valence-electron chi connectivity index (χ3n) is 3.48. The van der Waals surface area contributed by atoms with E-state index in [-0.39, 0.29) is 31.0 Å². The molecule has 1 unspecified atom stereocenters. The monoisotopic (exact) mass is 326 g/mol. The molecule has 6 nitrogen and oxygen atoms in total. The van der Waals surface area contributed by atoms with Crippen molar-refractivity contribution in [3.63, 3.8) is 0 Å². The van der Waals surface area contributed by atoms with Gasteiger partial charge in [0.25, 0.3) is 5.91 Å². The average molecular weight is 326 g/mol. The summed E-state index contributed by atoms with van der Waals surface area (Å²) in [5, 5.41) is 11.4. The fourth-order valence-electron chi connectivity index (χ4n) is 2.24. The minimum absolute atomic E-state index is 0.130. The van der Waals surface area contributed by atoms with Gasteiger partial charge in [-0.3, -0.25) is 19.4 Å². The highest BCUT2D eigenvalue weighted by atomic mass is 16.4. The zero-order valence-corrected chi connectivity index (χ0v) is 13.0. The smallest absolute Gasteiger partial charge is 0.303 e. The number of rotatable bonds is 8. The molecule has 0 saturated carbocycles. The number of benzene rings is 1. The molecule has 1 amide bonds. The first-order valence-electron chi connectivity index (χ1n) is 7.55. The van der Waals surface area contributed by atoms with Gasteiger partial charge >= 0.3 is 5.97 Å². The van der Waals surface area contributed by atoms with Crippen molar-refractivity contribution < 1.29 is 19.5 Å². The van der Waals surface area contributed by atoms with Gasteiger partial charge in [0.1, 0.15) is 0 Å². The second-order valence-corrected chi connectivity index (χ2v) is 5.32. The van der Waals surface area contributed by atoms with Crippen molar-refractivity contribution in [2.75, 3.05) is 0 Å². The maximum Gasteiger partial charge on any atom is 0.303 e. The number of aliphatic carboxylic acids is 1. The molecule has 1 aromatic heterocycles. The van der Waals surface area contributed by atoms with Crippen molar-refractivity contribution in [2.24, 2.45) is 0 Å². The lowest BCUT2D eigenvalue weighted by Gasteiger charge is -2.17. The van der Waals surface area contributed by atoms with E-state index in [1.807, 2.05) is 0 Å². The number of Topliss-reactive ketones (excluding diaryl/α,β-unsaturated/α-hetero) is 1. The van der Waals surface area contributed by atoms with Gasteiger partial charge in [-0.05, 0) is 23.8 Å². The molecule has 0 saturated heterocycles. The summed E-state index contributed by atoms with van der Waals surface area (Å²) in [6.45, 7) is 0. The van der Waals surface area contributed by atoms with Crippen molar-refractivity contribution in [3.8, 4) is 0 Å². The third kappa shape index (κ3) is 5.31. The Hall–Kier alpha value is -3.02. The number of carboxylic acids is 1. The minimum Gasteiger partial charge on any atom is -0.481 e. The first-order valence-corrected chi connectivity index (χ1v) is 7.55. The third-order valence-corrected chi connectivity index (χ3v) is 3.48. The Kier molecular flexibility index (Phi) is 6.19. The Morgan fingerprint density at radius 1 is 1.04 bits per heavy atom. The lowest BCUT2D eigenvalue weighted by Crippen LogP contribution is -2.42. The molecule has 2 N–H and O–H groups in total. The van der Waals surface area contributed by atoms with Crippen LogP contribution in [0, 0.1) is 0 Å².